The minimum Gasteiger partial charge on any atom is -0.494 e. The highest BCUT2D eigenvalue weighted by Crippen LogP contribution is 2.18. The molecule has 1 aromatic rings. The molecule has 1 aromatic carbocycles. The first-order valence-electron chi connectivity index (χ1n) is 6.88. The molecule has 0 aliphatic rings. The number of hydrogen-bond acceptors (Lipinski definition) is 4. The molecule has 0 spiro atoms. The molecule has 0 fully saturated rings. The van der Waals surface area contributed by atoms with E-state index in [9.17, 15) is 14.4 Å². The lowest BCUT2D eigenvalue weighted by atomic mass is 10.1. The van der Waals surface area contributed by atoms with E-state index in [0.717, 1.165) is 0 Å². The standard InChI is InChI=1S/C16H19NO6/c1-10(2)14(18)17(3)7-4-8-23-11-5-6-12(15(19)20)13(9-11)16(21)22/h5-6,9H,1,4,7-8H2,2-3H3,(H,19,20)(H,21,22). The Morgan fingerprint density at radius 2 is 1.78 bits per heavy atom. The molecule has 0 aliphatic heterocycles. The summed E-state index contributed by atoms with van der Waals surface area (Å²) in [6.45, 7) is 5.93. The Bertz CT molecular complexity index is 637. The zero-order valence-electron chi connectivity index (χ0n) is 13.0. The van der Waals surface area contributed by atoms with Gasteiger partial charge < -0.3 is 19.8 Å². The molecule has 0 saturated heterocycles. The van der Waals surface area contributed by atoms with Gasteiger partial charge in [-0.25, -0.2) is 9.59 Å². The van der Waals surface area contributed by atoms with Crippen molar-refractivity contribution >= 4 is 17.8 Å². The third-order valence-electron chi connectivity index (χ3n) is 3.07. The minimum absolute atomic E-state index is 0.149. The van der Waals surface area contributed by atoms with Crippen LogP contribution in [0.4, 0.5) is 0 Å². The largest absolute Gasteiger partial charge is 0.494 e. The number of carboxylic acids is 2. The molecule has 1 amide bonds. The summed E-state index contributed by atoms with van der Waals surface area (Å²) < 4.78 is 5.41. The van der Waals surface area contributed by atoms with Crippen LogP contribution in [0.1, 0.15) is 34.1 Å². The van der Waals surface area contributed by atoms with E-state index in [0.29, 0.717) is 18.5 Å². The van der Waals surface area contributed by atoms with Gasteiger partial charge in [-0.15, -0.1) is 0 Å². The highest BCUT2D eigenvalue weighted by Gasteiger charge is 2.16. The van der Waals surface area contributed by atoms with Crippen molar-refractivity contribution in [2.24, 2.45) is 0 Å². The van der Waals surface area contributed by atoms with Crippen molar-refractivity contribution in [3.8, 4) is 5.75 Å². The number of ether oxygens (including phenoxy) is 1. The fourth-order valence-corrected chi connectivity index (χ4v) is 1.90. The molecule has 7 nitrogen and oxygen atoms in total. The normalized spacial score (nSPS) is 10.0. The number of aromatic carboxylic acids is 2. The fourth-order valence-electron chi connectivity index (χ4n) is 1.90. The van der Waals surface area contributed by atoms with Crippen molar-refractivity contribution in [1.29, 1.82) is 0 Å². The summed E-state index contributed by atoms with van der Waals surface area (Å²) in [5.41, 5.74) is -0.176. The van der Waals surface area contributed by atoms with Crippen LogP contribution in [-0.2, 0) is 4.79 Å². The van der Waals surface area contributed by atoms with Gasteiger partial charge in [0.25, 0.3) is 0 Å². The Morgan fingerprint density at radius 1 is 1.17 bits per heavy atom. The molecular formula is C16H19NO6. The first-order chi connectivity index (χ1) is 10.7. The van der Waals surface area contributed by atoms with Gasteiger partial charge >= 0.3 is 11.9 Å². The quantitative estimate of drug-likeness (QED) is 0.559. The van der Waals surface area contributed by atoms with Crippen molar-refractivity contribution < 1.29 is 29.3 Å². The van der Waals surface area contributed by atoms with Gasteiger partial charge in [-0.05, 0) is 31.5 Å². The second kappa shape index (κ2) is 7.98. The zero-order chi connectivity index (χ0) is 17.6. The smallest absolute Gasteiger partial charge is 0.336 e. The van der Waals surface area contributed by atoms with Gasteiger partial charge in [0.05, 0.1) is 17.7 Å². The number of nitrogens with zero attached hydrogens (tertiary/aromatic N) is 1. The van der Waals surface area contributed by atoms with E-state index < -0.39 is 11.9 Å². The van der Waals surface area contributed by atoms with Crippen molar-refractivity contribution in [1.82, 2.24) is 4.90 Å². The second-order valence-corrected chi connectivity index (χ2v) is 5.03. The van der Waals surface area contributed by atoms with E-state index >= 15 is 0 Å². The molecule has 1 rings (SSSR count). The molecule has 0 saturated carbocycles. The predicted octanol–water partition coefficient (Wildman–Crippen LogP) is 1.89. The van der Waals surface area contributed by atoms with Gasteiger partial charge in [0.15, 0.2) is 0 Å². The van der Waals surface area contributed by atoms with Crippen LogP contribution in [0, 0.1) is 0 Å². The summed E-state index contributed by atoms with van der Waals surface area (Å²) in [4.78, 5) is 35.1. The number of amides is 1. The molecule has 0 atom stereocenters. The number of likely N-dealkylation sites (N-methyl/N-ethyl adjacent to an activating group) is 1. The van der Waals surface area contributed by atoms with E-state index in [4.69, 9.17) is 14.9 Å². The number of carbonyl (C=O) groups excluding carboxylic acids is 1. The summed E-state index contributed by atoms with van der Waals surface area (Å²) in [5.74, 6) is -2.53. The molecule has 124 valence electrons. The Hall–Kier alpha value is -2.83. The Balaban J connectivity index is 2.61. The van der Waals surface area contributed by atoms with Crippen LogP contribution < -0.4 is 4.74 Å². The Kier molecular flexibility index (Phi) is 6.32. The average molecular weight is 321 g/mol. The molecule has 0 heterocycles. The monoisotopic (exact) mass is 321 g/mol. The number of hydrogen-bond donors (Lipinski definition) is 2. The van der Waals surface area contributed by atoms with Crippen LogP contribution in [0.25, 0.3) is 0 Å². The second-order valence-electron chi connectivity index (χ2n) is 5.03. The van der Waals surface area contributed by atoms with E-state index in [1.54, 1.807) is 14.0 Å². The van der Waals surface area contributed by atoms with E-state index in [1.807, 2.05) is 0 Å². The maximum atomic E-state index is 11.6. The van der Waals surface area contributed by atoms with Crippen LogP contribution in [0.5, 0.6) is 5.75 Å². The van der Waals surface area contributed by atoms with Crippen molar-refractivity contribution in [3.63, 3.8) is 0 Å². The van der Waals surface area contributed by atoms with Crippen LogP contribution in [-0.4, -0.2) is 53.2 Å². The average Bonchev–Trinajstić information content (AvgIpc) is 2.49. The molecule has 0 bridgehead atoms. The van der Waals surface area contributed by atoms with Gasteiger partial charge in [0, 0.05) is 19.2 Å². The fraction of sp³-hybridized carbons (Fsp3) is 0.312. The lowest BCUT2D eigenvalue weighted by molar-refractivity contribution is -0.125. The topological polar surface area (TPSA) is 104 Å². The van der Waals surface area contributed by atoms with Gasteiger partial charge in [-0.1, -0.05) is 6.58 Å². The molecule has 2 N–H and O–H groups in total. The number of benzene rings is 1. The van der Waals surface area contributed by atoms with Crippen LogP contribution in [0.15, 0.2) is 30.4 Å². The SMILES string of the molecule is C=C(C)C(=O)N(C)CCCOc1ccc(C(=O)O)c(C(=O)O)c1. The molecule has 0 aromatic heterocycles. The molecule has 7 heteroatoms. The molecular weight excluding hydrogens is 302 g/mol. The Labute approximate surface area is 133 Å². The van der Waals surface area contributed by atoms with E-state index in [2.05, 4.69) is 6.58 Å². The summed E-state index contributed by atoms with van der Waals surface area (Å²) in [5, 5.41) is 18.0. The molecule has 0 aliphatic carbocycles. The Morgan fingerprint density at radius 3 is 2.30 bits per heavy atom. The summed E-state index contributed by atoms with van der Waals surface area (Å²) in [6, 6.07) is 3.77. The number of carboxylic acid groups (broad SMARTS) is 2. The van der Waals surface area contributed by atoms with Gasteiger partial charge in [0.1, 0.15) is 5.75 Å². The maximum Gasteiger partial charge on any atom is 0.336 e. The van der Waals surface area contributed by atoms with Crippen LogP contribution in [0.3, 0.4) is 0 Å². The highest BCUT2D eigenvalue weighted by molar-refractivity contribution is 6.02. The lowest BCUT2D eigenvalue weighted by Crippen LogP contribution is -2.28. The molecule has 23 heavy (non-hydrogen) atoms. The third kappa shape index (κ3) is 5.14. The van der Waals surface area contributed by atoms with E-state index in [1.165, 1.54) is 23.1 Å². The molecule has 0 radical (unpaired) electrons. The maximum absolute atomic E-state index is 11.6. The van der Waals surface area contributed by atoms with Crippen molar-refractivity contribution in [2.75, 3.05) is 20.2 Å². The zero-order valence-corrected chi connectivity index (χ0v) is 13.0. The lowest BCUT2D eigenvalue weighted by Gasteiger charge is -2.17. The van der Waals surface area contributed by atoms with Gasteiger partial charge in [0.2, 0.25) is 5.91 Å². The van der Waals surface area contributed by atoms with Crippen molar-refractivity contribution in [2.45, 2.75) is 13.3 Å². The van der Waals surface area contributed by atoms with Crippen LogP contribution in [0.2, 0.25) is 0 Å². The summed E-state index contributed by atoms with van der Waals surface area (Å²) in [6.07, 6.45) is 0.540. The van der Waals surface area contributed by atoms with Gasteiger partial charge in [-0.2, -0.15) is 0 Å². The number of rotatable bonds is 8. The van der Waals surface area contributed by atoms with Gasteiger partial charge in [-0.3, -0.25) is 4.79 Å². The van der Waals surface area contributed by atoms with Crippen LogP contribution >= 0.6 is 0 Å². The first kappa shape index (κ1) is 18.2. The highest BCUT2D eigenvalue weighted by atomic mass is 16.5. The van der Waals surface area contributed by atoms with E-state index in [-0.39, 0.29) is 29.4 Å². The summed E-state index contributed by atoms with van der Waals surface area (Å²) in [7, 11) is 1.65. The summed E-state index contributed by atoms with van der Waals surface area (Å²) >= 11 is 0. The first-order valence-corrected chi connectivity index (χ1v) is 6.88. The minimum atomic E-state index is -1.33. The van der Waals surface area contributed by atoms with Crippen molar-refractivity contribution in [3.05, 3.63) is 41.5 Å². The number of carbonyl (C=O) groups is 3. The predicted molar refractivity (Wildman–Crippen MR) is 82.9 cm³/mol. The molecule has 0 unspecified atom stereocenters. The third-order valence-corrected chi connectivity index (χ3v) is 3.07.